The molecule has 0 fully saturated rings. The first-order valence-corrected chi connectivity index (χ1v) is 16.5. The summed E-state index contributed by atoms with van der Waals surface area (Å²) in [6, 6.07) is 31.6. The molecule has 0 N–H and O–H groups in total. The molecular weight excluding hydrogens is 495 g/mol. The highest BCUT2D eigenvalue weighted by molar-refractivity contribution is 8.70. The van der Waals surface area contributed by atoms with Crippen LogP contribution in [0.5, 0.6) is 0 Å². The second-order valence-corrected chi connectivity index (χ2v) is 15.9. The molecule has 0 amide bonds. The van der Waals surface area contributed by atoms with Crippen molar-refractivity contribution in [2.45, 2.75) is 18.1 Å². The van der Waals surface area contributed by atoms with Gasteiger partial charge in [-0.15, -0.1) is 0 Å². The van der Waals surface area contributed by atoms with Crippen LogP contribution < -0.4 is 4.67 Å². The van der Waals surface area contributed by atoms with E-state index < -0.39 is 5.54 Å². The Balaban J connectivity index is 1.39. The van der Waals surface area contributed by atoms with Crippen molar-refractivity contribution in [3.05, 3.63) is 108 Å². The van der Waals surface area contributed by atoms with Gasteiger partial charge in [0.25, 0.3) is 0 Å². The first kappa shape index (κ1) is 22.2. The number of rotatable bonds is 6. The minimum atomic E-state index is -2.24. The van der Waals surface area contributed by atoms with E-state index in [2.05, 4.69) is 94.2 Å². The minimum Gasteiger partial charge on any atom is -0.308 e. The molecular formula is C26H23N4PS3. The van der Waals surface area contributed by atoms with Crippen LogP contribution in [0.4, 0.5) is 5.82 Å². The predicted octanol–water partition coefficient (Wildman–Crippen LogP) is 7.22. The van der Waals surface area contributed by atoms with E-state index in [-0.39, 0.29) is 0 Å². The minimum absolute atomic E-state index is 0.853. The normalized spacial score (nSPS) is 18.6. The molecule has 1 unspecified atom stereocenters. The summed E-state index contributed by atoms with van der Waals surface area (Å²) in [5, 5.41) is 0.983. The first-order chi connectivity index (χ1) is 16.7. The molecule has 8 heteroatoms. The Morgan fingerprint density at radius 1 is 0.794 bits per heavy atom. The van der Waals surface area contributed by atoms with E-state index in [0.717, 1.165) is 52.5 Å². The van der Waals surface area contributed by atoms with E-state index >= 15 is 0 Å². The van der Waals surface area contributed by atoms with Gasteiger partial charge in [-0.2, -0.15) is 0 Å². The molecule has 0 saturated carbocycles. The van der Waals surface area contributed by atoms with Gasteiger partial charge in [0, 0.05) is 30.2 Å². The van der Waals surface area contributed by atoms with Crippen molar-refractivity contribution >= 4 is 51.4 Å². The molecule has 0 spiro atoms. The van der Waals surface area contributed by atoms with Gasteiger partial charge in [0.05, 0.1) is 0 Å². The zero-order valence-corrected chi connectivity index (χ0v) is 21.8. The molecule has 1 aromatic heterocycles. The second kappa shape index (κ2) is 9.38. The van der Waals surface area contributed by atoms with Crippen molar-refractivity contribution in [1.82, 2.24) is 9.55 Å². The lowest BCUT2D eigenvalue weighted by molar-refractivity contribution is 0.802. The number of hydrogen-bond donors (Lipinski definition) is 0. The number of benzene rings is 3. The SMILES string of the molecule is S=P1(SCc2ccccc2)N=C(SCc2ccccc2)c2nc(-c3ccccc3)n3c2N1CC3. The molecule has 170 valence electrons. The lowest BCUT2D eigenvalue weighted by atomic mass is 10.2. The van der Waals surface area contributed by atoms with Crippen LogP contribution in [-0.4, -0.2) is 21.1 Å². The quantitative estimate of drug-likeness (QED) is 0.252. The molecule has 4 nitrogen and oxygen atoms in total. The Morgan fingerprint density at radius 2 is 1.41 bits per heavy atom. The van der Waals surface area contributed by atoms with Gasteiger partial charge in [-0.05, 0) is 22.9 Å². The van der Waals surface area contributed by atoms with Crippen LogP contribution in [0.25, 0.3) is 11.4 Å². The standard InChI is InChI=1S/C26H23N4PS3/c32-31(34-19-21-12-6-2-7-13-21)28-25(33-18-20-10-4-1-5-11-20)23-26-29(16-17-30(26)31)24(27-23)22-14-8-3-9-15-22/h1-15H,16-19H2. The maximum Gasteiger partial charge on any atom is 0.200 e. The van der Waals surface area contributed by atoms with Gasteiger partial charge in [-0.1, -0.05) is 114 Å². The van der Waals surface area contributed by atoms with E-state index in [0.29, 0.717) is 0 Å². The second-order valence-electron chi connectivity index (χ2n) is 8.18. The van der Waals surface area contributed by atoms with Crippen LogP contribution >= 0.6 is 28.7 Å². The lowest BCUT2D eigenvalue weighted by Gasteiger charge is -2.33. The van der Waals surface area contributed by atoms with Gasteiger partial charge in [0.2, 0.25) is 5.54 Å². The third-order valence-electron chi connectivity index (χ3n) is 5.94. The highest BCUT2D eigenvalue weighted by Gasteiger charge is 2.42. The molecule has 0 bridgehead atoms. The predicted molar refractivity (Wildman–Crippen MR) is 151 cm³/mol. The summed E-state index contributed by atoms with van der Waals surface area (Å²) in [6.07, 6.45) is 0. The van der Waals surface area contributed by atoms with Gasteiger partial charge < -0.3 is 9.24 Å². The molecule has 4 aromatic rings. The van der Waals surface area contributed by atoms with E-state index in [1.807, 2.05) is 17.4 Å². The molecule has 1 atom stereocenters. The molecule has 3 aromatic carbocycles. The molecule has 3 heterocycles. The number of imidazole rings is 1. The first-order valence-electron chi connectivity index (χ1n) is 11.2. The van der Waals surface area contributed by atoms with E-state index in [4.69, 9.17) is 21.6 Å². The largest absolute Gasteiger partial charge is 0.308 e. The lowest BCUT2D eigenvalue weighted by Crippen LogP contribution is -2.21. The number of thioether (sulfide) groups is 1. The average molecular weight is 519 g/mol. The zero-order valence-electron chi connectivity index (χ0n) is 18.4. The fourth-order valence-electron chi connectivity index (χ4n) is 4.29. The van der Waals surface area contributed by atoms with Crippen molar-refractivity contribution in [3.63, 3.8) is 0 Å². The molecule has 2 aliphatic heterocycles. The maximum absolute atomic E-state index is 6.37. The molecule has 2 aliphatic rings. The monoisotopic (exact) mass is 518 g/mol. The number of aromatic nitrogens is 2. The van der Waals surface area contributed by atoms with Gasteiger partial charge >= 0.3 is 0 Å². The summed E-state index contributed by atoms with van der Waals surface area (Å²) in [5.74, 6) is 3.89. The van der Waals surface area contributed by atoms with Crippen LogP contribution in [-0.2, 0) is 29.9 Å². The van der Waals surface area contributed by atoms with Gasteiger partial charge in [-0.25, -0.2) is 9.75 Å². The fourth-order valence-corrected chi connectivity index (χ4v) is 11.3. The van der Waals surface area contributed by atoms with Crippen LogP contribution in [0.15, 0.2) is 95.8 Å². The van der Waals surface area contributed by atoms with E-state index in [1.165, 1.54) is 11.1 Å². The number of anilines is 1. The zero-order chi connectivity index (χ0) is 23.0. The number of nitrogens with zero attached hydrogens (tertiary/aromatic N) is 4. The third-order valence-corrected chi connectivity index (χ3v) is 13.4. The Morgan fingerprint density at radius 3 is 2.09 bits per heavy atom. The van der Waals surface area contributed by atoms with Crippen molar-refractivity contribution < 1.29 is 0 Å². The molecule has 34 heavy (non-hydrogen) atoms. The summed E-state index contributed by atoms with van der Waals surface area (Å²) in [4.78, 5) is 5.13. The maximum atomic E-state index is 6.37. The Labute approximate surface area is 213 Å². The van der Waals surface area contributed by atoms with Crippen molar-refractivity contribution in [3.8, 4) is 11.4 Å². The molecule has 0 radical (unpaired) electrons. The average Bonchev–Trinajstić information content (AvgIpc) is 3.50. The van der Waals surface area contributed by atoms with Gasteiger partial charge in [0.1, 0.15) is 22.4 Å². The third kappa shape index (κ3) is 4.16. The van der Waals surface area contributed by atoms with Crippen molar-refractivity contribution in [1.29, 1.82) is 0 Å². The fraction of sp³-hybridized carbons (Fsp3) is 0.154. The van der Waals surface area contributed by atoms with Crippen LogP contribution in [0.1, 0.15) is 16.8 Å². The summed E-state index contributed by atoms with van der Waals surface area (Å²) in [6.45, 7) is 1.78. The summed E-state index contributed by atoms with van der Waals surface area (Å²) >= 11 is 9.96. The van der Waals surface area contributed by atoms with Crippen LogP contribution in [0.2, 0.25) is 0 Å². The topological polar surface area (TPSA) is 33.4 Å². The van der Waals surface area contributed by atoms with Gasteiger partial charge in [-0.3, -0.25) is 0 Å². The highest BCUT2D eigenvalue weighted by Crippen LogP contribution is 2.69. The molecule has 0 aliphatic carbocycles. The smallest absolute Gasteiger partial charge is 0.200 e. The van der Waals surface area contributed by atoms with E-state index in [9.17, 15) is 0 Å². The summed E-state index contributed by atoms with van der Waals surface area (Å²) < 4.78 is 10.0. The Kier molecular flexibility index (Phi) is 6.12. The highest BCUT2D eigenvalue weighted by atomic mass is 32.9. The summed E-state index contributed by atoms with van der Waals surface area (Å²) in [5.41, 5.74) is 2.45. The van der Waals surface area contributed by atoms with E-state index in [1.54, 1.807) is 11.8 Å². The van der Waals surface area contributed by atoms with Crippen molar-refractivity contribution in [2.24, 2.45) is 4.76 Å². The van der Waals surface area contributed by atoms with Crippen molar-refractivity contribution in [2.75, 3.05) is 11.2 Å². The number of hydrogen-bond acceptors (Lipinski definition) is 4. The molecule has 6 rings (SSSR count). The Hall–Kier alpha value is -2.31. The molecule has 0 saturated heterocycles. The summed E-state index contributed by atoms with van der Waals surface area (Å²) in [7, 11) is 0. The van der Waals surface area contributed by atoms with Crippen LogP contribution in [0.3, 0.4) is 0 Å². The van der Waals surface area contributed by atoms with Gasteiger partial charge in [0.15, 0.2) is 0 Å². The van der Waals surface area contributed by atoms with Crippen LogP contribution in [0, 0.1) is 0 Å². The Bertz CT molecular complexity index is 1390.